The average molecular weight is 430 g/mol. The molecule has 2 aromatic carbocycles. The van der Waals surface area contributed by atoms with Gasteiger partial charge in [0, 0.05) is 38.3 Å². The third-order valence-electron chi connectivity index (χ3n) is 5.25. The monoisotopic (exact) mass is 429 g/mol. The Labute approximate surface area is 177 Å². The van der Waals surface area contributed by atoms with Crippen molar-refractivity contribution in [2.24, 2.45) is 5.92 Å². The van der Waals surface area contributed by atoms with Gasteiger partial charge in [-0.3, -0.25) is 9.59 Å². The van der Waals surface area contributed by atoms with Crippen molar-refractivity contribution in [1.29, 1.82) is 0 Å². The highest BCUT2D eigenvalue weighted by molar-refractivity contribution is 7.89. The maximum absolute atomic E-state index is 12.7. The summed E-state index contributed by atoms with van der Waals surface area (Å²) >= 11 is 0. The third-order valence-corrected chi connectivity index (χ3v) is 7.29. The van der Waals surface area contributed by atoms with E-state index in [4.69, 9.17) is 0 Å². The SMILES string of the molecule is CCN(CC)S(=O)(=O)c1cccc(NC(=O)C2CC(=O)N(Cc3ccccc3)C2)c1. The molecule has 0 aliphatic carbocycles. The Bertz CT molecular complexity index is 1000. The van der Waals surface area contributed by atoms with Gasteiger partial charge in [-0.25, -0.2) is 8.42 Å². The molecule has 7 nitrogen and oxygen atoms in total. The van der Waals surface area contributed by atoms with E-state index in [9.17, 15) is 18.0 Å². The van der Waals surface area contributed by atoms with Gasteiger partial charge < -0.3 is 10.2 Å². The molecule has 1 heterocycles. The van der Waals surface area contributed by atoms with Crippen molar-refractivity contribution < 1.29 is 18.0 Å². The van der Waals surface area contributed by atoms with Crippen LogP contribution in [0.2, 0.25) is 0 Å². The predicted octanol–water partition coefficient (Wildman–Crippen LogP) is 2.70. The lowest BCUT2D eigenvalue weighted by atomic mass is 10.1. The van der Waals surface area contributed by atoms with Gasteiger partial charge in [0.15, 0.2) is 0 Å². The summed E-state index contributed by atoms with van der Waals surface area (Å²) in [5.74, 6) is -0.808. The molecule has 2 amide bonds. The summed E-state index contributed by atoms with van der Waals surface area (Å²) < 4.78 is 26.8. The largest absolute Gasteiger partial charge is 0.338 e. The molecule has 3 rings (SSSR count). The van der Waals surface area contributed by atoms with Gasteiger partial charge in [-0.15, -0.1) is 0 Å². The lowest BCUT2D eigenvalue weighted by molar-refractivity contribution is -0.128. The topological polar surface area (TPSA) is 86.8 Å². The highest BCUT2D eigenvalue weighted by Crippen LogP contribution is 2.24. The fourth-order valence-corrected chi connectivity index (χ4v) is 5.10. The molecule has 2 aromatic rings. The summed E-state index contributed by atoms with van der Waals surface area (Å²) in [5.41, 5.74) is 1.42. The van der Waals surface area contributed by atoms with Crippen LogP contribution in [0.15, 0.2) is 59.5 Å². The van der Waals surface area contributed by atoms with Crippen LogP contribution in [0.1, 0.15) is 25.8 Å². The van der Waals surface area contributed by atoms with Crippen molar-refractivity contribution in [3.8, 4) is 0 Å². The van der Waals surface area contributed by atoms with Crippen LogP contribution in [0, 0.1) is 5.92 Å². The van der Waals surface area contributed by atoms with E-state index in [1.165, 1.54) is 16.4 Å². The lowest BCUT2D eigenvalue weighted by Crippen LogP contribution is -2.30. The predicted molar refractivity (Wildman–Crippen MR) is 115 cm³/mol. The van der Waals surface area contributed by atoms with E-state index in [1.807, 2.05) is 30.3 Å². The van der Waals surface area contributed by atoms with Crippen LogP contribution in [-0.4, -0.2) is 49.1 Å². The number of carbonyl (C=O) groups is 2. The smallest absolute Gasteiger partial charge is 0.243 e. The van der Waals surface area contributed by atoms with Crippen LogP contribution in [-0.2, 0) is 26.2 Å². The Kier molecular flexibility index (Phi) is 6.89. The molecular weight excluding hydrogens is 402 g/mol. The second-order valence-electron chi connectivity index (χ2n) is 7.27. The average Bonchev–Trinajstić information content (AvgIpc) is 3.10. The van der Waals surface area contributed by atoms with Crippen LogP contribution < -0.4 is 5.32 Å². The second kappa shape index (κ2) is 9.40. The molecule has 1 N–H and O–H groups in total. The van der Waals surface area contributed by atoms with Crippen molar-refractivity contribution in [2.75, 3.05) is 25.0 Å². The quantitative estimate of drug-likeness (QED) is 0.699. The Hall–Kier alpha value is -2.71. The van der Waals surface area contributed by atoms with Gasteiger partial charge in [0.2, 0.25) is 21.8 Å². The van der Waals surface area contributed by atoms with E-state index in [-0.39, 0.29) is 23.1 Å². The number of hydrogen-bond acceptors (Lipinski definition) is 4. The normalized spacial score (nSPS) is 16.8. The van der Waals surface area contributed by atoms with E-state index in [0.29, 0.717) is 31.9 Å². The fourth-order valence-electron chi connectivity index (χ4n) is 3.60. The summed E-state index contributed by atoms with van der Waals surface area (Å²) in [6.45, 7) is 5.13. The number of anilines is 1. The molecule has 1 saturated heterocycles. The Morgan fingerprint density at radius 1 is 1.10 bits per heavy atom. The second-order valence-corrected chi connectivity index (χ2v) is 9.21. The van der Waals surface area contributed by atoms with Gasteiger partial charge in [0.25, 0.3) is 0 Å². The molecule has 160 valence electrons. The zero-order valence-electron chi connectivity index (χ0n) is 17.2. The number of amides is 2. The standard InChI is InChI=1S/C22H27N3O4S/c1-3-25(4-2)30(28,29)20-12-8-11-19(14-20)23-22(27)18-13-21(26)24(16-18)15-17-9-6-5-7-10-17/h5-12,14,18H,3-4,13,15-16H2,1-2H3,(H,23,27). The van der Waals surface area contributed by atoms with E-state index in [0.717, 1.165) is 5.56 Å². The molecule has 30 heavy (non-hydrogen) atoms. The minimum absolute atomic E-state index is 0.0585. The number of carbonyl (C=O) groups excluding carboxylic acids is 2. The number of nitrogens with zero attached hydrogens (tertiary/aromatic N) is 2. The molecule has 0 bridgehead atoms. The zero-order valence-corrected chi connectivity index (χ0v) is 18.1. The highest BCUT2D eigenvalue weighted by atomic mass is 32.2. The summed E-state index contributed by atoms with van der Waals surface area (Å²) in [4.78, 5) is 26.9. The first kappa shape index (κ1) is 22.0. The lowest BCUT2D eigenvalue weighted by Gasteiger charge is -2.19. The minimum Gasteiger partial charge on any atom is -0.338 e. The van der Waals surface area contributed by atoms with Crippen LogP contribution in [0.3, 0.4) is 0 Å². The van der Waals surface area contributed by atoms with Crippen molar-refractivity contribution in [1.82, 2.24) is 9.21 Å². The molecule has 1 unspecified atom stereocenters. The molecule has 1 atom stereocenters. The van der Waals surface area contributed by atoms with Gasteiger partial charge in [-0.1, -0.05) is 50.2 Å². The number of hydrogen-bond donors (Lipinski definition) is 1. The number of rotatable bonds is 8. The Morgan fingerprint density at radius 2 is 1.80 bits per heavy atom. The Morgan fingerprint density at radius 3 is 2.47 bits per heavy atom. The van der Waals surface area contributed by atoms with Gasteiger partial charge >= 0.3 is 0 Å². The maximum Gasteiger partial charge on any atom is 0.243 e. The van der Waals surface area contributed by atoms with E-state index >= 15 is 0 Å². The first-order chi connectivity index (χ1) is 14.3. The van der Waals surface area contributed by atoms with Gasteiger partial charge in [-0.05, 0) is 23.8 Å². The zero-order chi connectivity index (χ0) is 21.7. The third kappa shape index (κ3) is 4.88. The molecule has 1 fully saturated rings. The van der Waals surface area contributed by atoms with Crippen LogP contribution in [0.4, 0.5) is 5.69 Å². The fraction of sp³-hybridized carbons (Fsp3) is 0.364. The van der Waals surface area contributed by atoms with Crippen molar-refractivity contribution in [3.05, 3.63) is 60.2 Å². The molecule has 0 spiro atoms. The van der Waals surface area contributed by atoms with Gasteiger partial charge in [0.05, 0.1) is 10.8 Å². The van der Waals surface area contributed by atoms with Gasteiger partial charge in [0.1, 0.15) is 0 Å². The van der Waals surface area contributed by atoms with E-state index < -0.39 is 15.9 Å². The molecule has 0 saturated carbocycles. The number of nitrogens with one attached hydrogen (secondary N) is 1. The first-order valence-corrected chi connectivity index (χ1v) is 11.5. The van der Waals surface area contributed by atoms with Crippen LogP contribution in [0.25, 0.3) is 0 Å². The highest BCUT2D eigenvalue weighted by Gasteiger charge is 2.34. The maximum atomic E-state index is 12.7. The van der Waals surface area contributed by atoms with Crippen molar-refractivity contribution >= 4 is 27.5 Å². The Balaban J connectivity index is 1.67. The summed E-state index contributed by atoms with van der Waals surface area (Å²) in [6.07, 6.45) is 0.149. The molecule has 0 aromatic heterocycles. The number of sulfonamides is 1. The van der Waals surface area contributed by atoms with Crippen LogP contribution in [0.5, 0.6) is 0 Å². The molecule has 1 aliphatic heterocycles. The molecule has 0 radical (unpaired) electrons. The van der Waals surface area contributed by atoms with Crippen molar-refractivity contribution in [2.45, 2.75) is 31.7 Å². The van der Waals surface area contributed by atoms with E-state index in [1.54, 1.807) is 30.9 Å². The van der Waals surface area contributed by atoms with E-state index in [2.05, 4.69) is 5.32 Å². The number of likely N-dealkylation sites (tertiary alicyclic amines) is 1. The van der Waals surface area contributed by atoms with Crippen LogP contribution >= 0.6 is 0 Å². The molecule has 1 aliphatic rings. The first-order valence-electron chi connectivity index (χ1n) is 10.1. The van der Waals surface area contributed by atoms with Crippen molar-refractivity contribution in [3.63, 3.8) is 0 Å². The number of benzene rings is 2. The minimum atomic E-state index is -3.61. The molecular formula is C22H27N3O4S. The molecule has 8 heteroatoms. The summed E-state index contributed by atoms with van der Waals surface area (Å²) in [5, 5.41) is 2.78. The van der Waals surface area contributed by atoms with Gasteiger partial charge in [-0.2, -0.15) is 4.31 Å². The summed E-state index contributed by atoms with van der Waals surface area (Å²) in [7, 11) is -3.61. The summed E-state index contributed by atoms with van der Waals surface area (Å²) in [6, 6.07) is 15.9.